The summed E-state index contributed by atoms with van der Waals surface area (Å²) in [6.45, 7) is 27.5. The average molecular weight is 917 g/mol. The van der Waals surface area contributed by atoms with Gasteiger partial charge in [0.25, 0.3) is 0 Å². The lowest BCUT2D eigenvalue weighted by molar-refractivity contribution is 0.590. The number of H-pyrrole nitrogens is 2. The van der Waals surface area contributed by atoms with Gasteiger partial charge in [-0.2, -0.15) is 0 Å². The van der Waals surface area contributed by atoms with E-state index >= 15 is 0 Å². The van der Waals surface area contributed by atoms with Gasteiger partial charge in [0.1, 0.15) is 0 Å². The summed E-state index contributed by atoms with van der Waals surface area (Å²) in [4.78, 5) is 29.5. The van der Waals surface area contributed by atoms with Gasteiger partial charge >= 0.3 is 0 Å². The molecule has 12 bridgehead atoms. The number of pyridine rings is 4. The van der Waals surface area contributed by atoms with Crippen molar-refractivity contribution in [2.75, 3.05) is 0 Å². The molecule has 0 fully saturated rings. The fourth-order valence-electron chi connectivity index (χ4n) is 10.1. The van der Waals surface area contributed by atoms with Crippen LogP contribution in [0.5, 0.6) is 0 Å². The van der Waals surface area contributed by atoms with Crippen molar-refractivity contribution in [2.45, 2.75) is 118 Å². The number of nitrogens with one attached hydrogen (secondary N) is 2. The predicted octanol–water partition coefficient (Wildman–Crippen LogP) is 16.7. The van der Waals surface area contributed by atoms with E-state index in [1.165, 1.54) is 43.8 Å². The summed E-state index contributed by atoms with van der Waals surface area (Å²) < 4.78 is 0. The molecule has 0 unspecified atom stereocenters. The number of aromatic nitrogens is 6. The lowest BCUT2D eigenvalue weighted by atomic mass is 9.83. The molecule has 10 aromatic rings. The van der Waals surface area contributed by atoms with Gasteiger partial charge in [-0.1, -0.05) is 107 Å². The summed E-state index contributed by atoms with van der Waals surface area (Å²) in [5.74, 6) is 0. The minimum atomic E-state index is -0.100. The van der Waals surface area contributed by atoms with Crippen LogP contribution in [-0.2, 0) is 34.5 Å². The Balaban J connectivity index is 1.18. The fraction of sp³-hybridized carbons (Fsp3) is 0.281. The van der Waals surface area contributed by atoms with Crippen molar-refractivity contribution in [1.29, 1.82) is 0 Å². The molecule has 4 aromatic carbocycles. The van der Waals surface area contributed by atoms with Gasteiger partial charge in [0, 0.05) is 55.2 Å². The van der Waals surface area contributed by atoms with Crippen molar-refractivity contribution < 1.29 is 0 Å². The molecule has 11 rings (SSSR count). The van der Waals surface area contributed by atoms with Crippen molar-refractivity contribution in [1.82, 2.24) is 29.9 Å². The van der Waals surface area contributed by atoms with E-state index in [0.29, 0.717) is 0 Å². The van der Waals surface area contributed by atoms with Gasteiger partial charge in [-0.25, -0.2) is 9.97 Å². The van der Waals surface area contributed by atoms with Gasteiger partial charge < -0.3 is 9.97 Å². The summed E-state index contributed by atoms with van der Waals surface area (Å²) in [6.07, 6.45) is 5.69. The van der Waals surface area contributed by atoms with E-state index in [4.69, 9.17) is 19.9 Å². The van der Waals surface area contributed by atoms with Crippen molar-refractivity contribution in [3.05, 3.63) is 166 Å². The molecule has 0 radical (unpaired) electrons. The van der Waals surface area contributed by atoms with Crippen molar-refractivity contribution in [2.24, 2.45) is 0 Å². The first-order chi connectivity index (χ1) is 33.2. The van der Waals surface area contributed by atoms with Gasteiger partial charge in [-0.15, -0.1) is 0 Å². The molecule has 1 aliphatic rings. The molecule has 7 heterocycles. The largest absolute Gasteiger partial charge is 0.353 e. The Labute approximate surface area is 412 Å². The van der Waals surface area contributed by atoms with Crippen LogP contribution in [0.1, 0.15) is 128 Å². The molecular weight excluding hydrogens is 853 g/mol. The highest BCUT2D eigenvalue weighted by molar-refractivity contribution is 6.17. The number of hydrogen-bond acceptors (Lipinski definition) is 4. The second kappa shape index (κ2) is 16.2. The first-order valence-corrected chi connectivity index (χ1v) is 25.0. The van der Waals surface area contributed by atoms with Crippen molar-refractivity contribution in [3.63, 3.8) is 0 Å². The van der Waals surface area contributed by atoms with E-state index < -0.39 is 0 Å². The number of hydrogen-bond donors (Lipinski definition) is 2. The number of fused-ring (bicyclic) bond motifs is 14. The summed E-state index contributed by atoms with van der Waals surface area (Å²) >= 11 is 0. The summed E-state index contributed by atoms with van der Waals surface area (Å²) in [5.41, 5.74) is 20.9. The van der Waals surface area contributed by atoms with Crippen LogP contribution in [0.15, 0.2) is 121 Å². The molecule has 70 heavy (non-hydrogen) atoms. The smallest absolute Gasteiger partial charge is 0.0730 e. The Morgan fingerprint density at radius 3 is 0.886 bits per heavy atom. The van der Waals surface area contributed by atoms with E-state index in [1.807, 2.05) is 0 Å². The fourth-order valence-corrected chi connectivity index (χ4v) is 10.1. The zero-order valence-corrected chi connectivity index (χ0v) is 42.9. The predicted molar refractivity (Wildman–Crippen MR) is 296 cm³/mol. The molecule has 0 atom stereocenters. The van der Waals surface area contributed by atoms with Gasteiger partial charge in [-0.3, -0.25) is 9.97 Å². The summed E-state index contributed by atoms with van der Waals surface area (Å²) in [7, 11) is 0. The van der Waals surface area contributed by atoms with Gasteiger partial charge in [-0.05, 0) is 166 Å². The summed E-state index contributed by atoms with van der Waals surface area (Å²) in [6, 6.07) is 44.6. The van der Waals surface area contributed by atoms with E-state index in [-0.39, 0.29) is 21.7 Å². The molecule has 0 saturated carbocycles. The Kier molecular flexibility index (Phi) is 10.5. The maximum atomic E-state index is 5.43. The number of aryl methyl sites for hydroxylation is 2. The zero-order chi connectivity index (χ0) is 49.1. The quantitative estimate of drug-likeness (QED) is 0.159. The third-order valence-electron chi connectivity index (χ3n) is 14.4. The van der Waals surface area contributed by atoms with Crippen LogP contribution >= 0.6 is 0 Å². The zero-order valence-electron chi connectivity index (χ0n) is 42.9. The van der Waals surface area contributed by atoms with Crippen LogP contribution in [0.3, 0.4) is 0 Å². The minimum absolute atomic E-state index is 0.0937. The molecule has 6 heteroatoms. The third-order valence-corrected chi connectivity index (χ3v) is 14.4. The Hall–Kier alpha value is -7.18. The highest BCUT2D eigenvalue weighted by Crippen LogP contribution is 2.44. The first kappa shape index (κ1) is 45.3. The SMILES string of the molecule is CC(C)(C)c1cc2c3[nH]c4c(cc(C(C)(C)C)cc4c3c1)-c1cccc(n1)CCc1cccc(n1)-c1cc(C(C)(C)C)cc3c1[nH]c1c(cc(C(C)(C)C)cc13)-c1cccc(n1)/C=C/c1cccc-2n1. The molecular formula is C64H64N6. The monoisotopic (exact) mass is 917 g/mol. The number of aromatic amines is 2. The molecule has 6 nitrogen and oxygen atoms in total. The van der Waals surface area contributed by atoms with Gasteiger partial charge in [0.05, 0.1) is 56.2 Å². The van der Waals surface area contributed by atoms with E-state index in [2.05, 4.69) is 227 Å². The Morgan fingerprint density at radius 2 is 0.600 bits per heavy atom. The van der Waals surface area contributed by atoms with Crippen LogP contribution in [0.25, 0.3) is 101 Å². The van der Waals surface area contributed by atoms with Crippen molar-refractivity contribution in [3.8, 4) is 45.0 Å². The maximum Gasteiger partial charge on any atom is 0.0730 e. The highest BCUT2D eigenvalue weighted by atomic mass is 14.8. The van der Waals surface area contributed by atoms with Crippen LogP contribution in [0, 0.1) is 0 Å². The van der Waals surface area contributed by atoms with Gasteiger partial charge in [0.15, 0.2) is 0 Å². The molecule has 2 N–H and O–H groups in total. The molecule has 0 aliphatic carbocycles. The summed E-state index contributed by atoms with van der Waals surface area (Å²) in [5, 5.41) is 4.77. The average Bonchev–Trinajstić information content (AvgIpc) is 3.89. The van der Waals surface area contributed by atoms with Crippen LogP contribution < -0.4 is 0 Å². The topological polar surface area (TPSA) is 83.1 Å². The first-order valence-electron chi connectivity index (χ1n) is 25.0. The van der Waals surface area contributed by atoms with E-state index in [9.17, 15) is 0 Å². The third kappa shape index (κ3) is 8.21. The molecule has 0 amide bonds. The second-order valence-corrected chi connectivity index (χ2v) is 23.8. The Bertz CT molecular complexity index is 3510. The Morgan fingerprint density at radius 1 is 0.329 bits per heavy atom. The van der Waals surface area contributed by atoms with Crippen LogP contribution in [0.2, 0.25) is 0 Å². The van der Waals surface area contributed by atoms with Gasteiger partial charge in [0.2, 0.25) is 0 Å². The van der Waals surface area contributed by atoms with Crippen LogP contribution in [-0.4, -0.2) is 29.9 Å². The molecule has 1 aliphatic heterocycles. The molecule has 0 spiro atoms. The lowest BCUT2D eigenvalue weighted by Gasteiger charge is -2.22. The minimum Gasteiger partial charge on any atom is -0.353 e. The van der Waals surface area contributed by atoms with E-state index in [1.54, 1.807) is 0 Å². The lowest BCUT2D eigenvalue weighted by Crippen LogP contribution is -2.11. The standard InChI is InChI=1S/C64H64N6/c1-61(2,3)37-29-45-46-30-38(62(4,5)6)34-50-54-22-14-18-43(66-54)27-28-44-20-16-24-56(68-44)52-36-40(64(10,11)12)32-48-47-31-39(63(7,8)9)35-51(59(47)70-60(48)52)55-23-15-19-42(67-55)26-25-41-17-13-21-53(65-41)49(33-37)57(45)69-58(46)50/h13-26,29-36,69-70H,27-28H2,1-12H3/b26-25+. The molecule has 350 valence electrons. The van der Waals surface area contributed by atoms with Crippen molar-refractivity contribution >= 4 is 55.8 Å². The van der Waals surface area contributed by atoms with E-state index in [0.717, 1.165) is 103 Å². The molecule has 0 saturated heterocycles. The number of rotatable bonds is 0. The maximum absolute atomic E-state index is 5.43. The second-order valence-electron chi connectivity index (χ2n) is 23.8. The normalized spacial score (nSPS) is 14.0. The molecule has 6 aromatic heterocycles. The number of nitrogens with zero attached hydrogens (tertiary/aromatic N) is 4. The number of benzene rings is 4. The highest BCUT2D eigenvalue weighted by Gasteiger charge is 2.26. The van der Waals surface area contributed by atoms with Crippen LogP contribution in [0.4, 0.5) is 0 Å².